The molecule has 0 atom stereocenters. The Bertz CT molecular complexity index is 1200. The van der Waals surface area contributed by atoms with Crippen LogP contribution in [0.15, 0.2) is 66.9 Å². The number of ether oxygens (including phenoxy) is 2. The number of carbonyl (C=O) groups excluding carboxylic acids is 1. The highest BCUT2D eigenvalue weighted by Crippen LogP contribution is 2.37. The van der Waals surface area contributed by atoms with Crippen molar-refractivity contribution in [1.82, 2.24) is 15.3 Å². The summed E-state index contributed by atoms with van der Waals surface area (Å²) in [4.78, 5) is 23.3. The van der Waals surface area contributed by atoms with Crippen LogP contribution in [0.25, 0.3) is 5.57 Å². The first-order valence-corrected chi connectivity index (χ1v) is 12.6. The first-order valence-electron chi connectivity index (χ1n) is 12.6. The maximum atomic E-state index is 12.7. The number of carbonyl (C=O) groups is 1. The lowest BCUT2D eigenvalue weighted by Gasteiger charge is -2.29. The molecule has 0 bridgehead atoms. The van der Waals surface area contributed by atoms with Gasteiger partial charge in [-0.2, -0.15) is 5.26 Å². The Balaban J connectivity index is 1.36. The fourth-order valence-electron chi connectivity index (χ4n) is 4.74. The predicted molar refractivity (Wildman–Crippen MR) is 143 cm³/mol. The molecule has 2 aromatic rings. The number of morpholine rings is 1. The molecule has 1 aromatic carbocycles. The molecular weight excluding hydrogens is 466 g/mol. The Labute approximate surface area is 218 Å². The zero-order valence-electron chi connectivity index (χ0n) is 21.3. The number of allylic oxidation sites excluding steroid dienone is 3. The Kier molecular flexibility index (Phi) is 8.70. The summed E-state index contributed by atoms with van der Waals surface area (Å²) in [5, 5.41) is 12.2. The van der Waals surface area contributed by atoms with Crippen molar-refractivity contribution in [2.75, 3.05) is 37.8 Å². The van der Waals surface area contributed by atoms with E-state index in [0.717, 1.165) is 68.7 Å². The highest BCUT2D eigenvalue weighted by Gasteiger charge is 2.39. The highest BCUT2D eigenvalue weighted by atomic mass is 16.5. The van der Waals surface area contributed by atoms with E-state index in [2.05, 4.69) is 58.0 Å². The first-order chi connectivity index (χ1) is 18.0. The number of nitrogens with zero attached hydrogens (tertiary/aromatic N) is 4. The molecule has 2 heterocycles. The van der Waals surface area contributed by atoms with Gasteiger partial charge in [-0.3, -0.25) is 0 Å². The SMILES string of the molecule is C=C/C(=C\C=C(/C)c1ccc(N2CCOCC2)cc1)COC(=O)NC1(c2ccnc(C#N)n2)CCCC1. The maximum Gasteiger partial charge on any atom is 0.408 e. The lowest BCUT2D eigenvalue weighted by molar-refractivity contribution is 0.122. The Morgan fingerprint density at radius 2 is 1.95 bits per heavy atom. The van der Waals surface area contributed by atoms with Crippen LogP contribution in [0, 0.1) is 11.3 Å². The minimum atomic E-state index is -0.645. The molecule has 8 heteroatoms. The van der Waals surface area contributed by atoms with E-state index in [4.69, 9.17) is 14.7 Å². The van der Waals surface area contributed by atoms with Crippen molar-refractivity contribution in [3.63, 3.8) is 0 Å². The number of nitriles is 1. The number of anilines is 1. The molecule has 8 nitrogen and oxygen atoms in total. The second-order valence-corrected chi connectivity index (χ2v) is 9.31. The standard InChI is InChI=1S/C29H33N5O3/c1-3-23(7-6-22(2)24-8-10-25(11-9-24)34-16-18-36-19-17-34)21-37-28(35)33-29(13-4-5-14-29)26-12-15-31-27(20-30)32-26/h3,6-12,15H,1,4-5,13-14,16-19,21H2,2H3,(H,33,35)/b22-6+,23-7+. The van der Waals surface area contributed by atoms with Crippen molar-refractivity contribution < 1.29 is 14.3 Å². The molecule has 192 valence electrons. The summed E-state index contributed by atoms with van der Waals surface area (Å²) < 4.78 is 11.0. The minimum Gasteiger partial charge on any atom is -0.445 e. The van der Waals surface area contributed by atoms with Crippen LogP contribution in [0.3, 0.4) is 0 Å². The lowest BCUT2D eigenvalue weighted by atomic mass is 9.93. The molecule has 4 rings (SSSR count). The zero-order valence-corrected chi connectivity index (χ0v) is 21.3. The van der Waals surface area contributed by atoms with Gasteiger partial charge in [0.15, 0.2) is 0 Å². The normalized spacial score (nSPS) is 17.7. The number of rotatable bonds is 8. The van der Waals surface area contributed by atoms with Gasteiger partial charge in [0.25, 0.3) is 0 Å². The number of aromatic nitrogens is 2. The van der Waals surface area contributed by atoms with Crippen LogP contribution in [-0.2, 0) is 15.0 Å². The van der Waals surface area contributed by atoms with Gasteiger partial charge in [-0.1, -0.05) is 49.8 Å². The van der Waals surface area contributed by atoms with E-state index >= 15 is 0 Å². The van der Waals surface area contributed by atoms with Gasteiger partial charge in [-0.05, 0) is 54.7 Å². The summed E-state index contributed by atoms with van der Waals surface area (Å²) in [5.74, 6) is 0.0914. The number of hydrogen-bond acceptors (Lipinski definition) is 7. The molecule has 1 saturated heterocycles. The van der Waals surface area contributed by atoms with E-state index in [1.165, 1.54) is 5.69 Å². The van der Waals surface area contributed by atoms with Gasteiger partial charge in [-0.15, -0.1) is 0 Å². The quantitative estimate of drug-likeness (QED) is 0.516. The summed E-state index contributed by atoms with van der Waals surface area (Å²) in [6.45, 7) is 9.36. The van der Waals surface area contributed by atoms with Crippen molar-refractivity contribution in [3.8, 4) is 6.07 Å². The van der Waals surface area contributed by atoms with Crippen molar-refractivity contribution in [1.29, 1.82) is 5.26 Å². The second kappa shape index (κ2) is 12.3. The maximum absolute atomic E-state index is 12.7. The Morgan fingerprint density at radius 3 is 2.62 bits per heavy atom. The molecule has 1 aromatic heterocycles. The molecule has 2 aliphatic rings. The first kappa shape index (κ1) is 26.1. The van der Waals surface area contributed by atoms with Crippen LogP contribution >= 0.6 is 0 Å². The van der Waals surface area contributed by atoms with Crippen LogP contribution in [0.5, 0.6) is 0 Å². The lowest BCUT2D eigenvalue weighted by Crippen LogP contribution is -2.45. The molecule has 1 aliphatic heterocycles. The van der Waals surface area contributed by atoms with Crippen LogP contribution in [0.2, 0.25) is 0 Å². The molecule has 1 N–H and O–H groups in total. The molecule has 0 unspecified atom stereocenters. The van der Waals surface area contributed by atoms with Crippen molar-refractivity contribution in [2.24, 2.45) is 0 Å². The van der Waals surface area contributed by atoms with E-state index in [0.29, 0.717) is 5.69 Å². The van der Waals surface area contributed by atoms with Gasteiger partial charge in [0, 0.05) is 25.0 Å². The summed E-state index contributed by atoms with van der Waals surface area (Å²) >= 11 is 0. The fourth-order valence-corrected chi connectivity index (χ4v) is 4.74. The number of alkyl carbamates (subject to hydrolysis) is 1. The number of amides is 1. The fraction of sp³-hybridized carbons (Fsp3) is 0.379. The summed E-state index contributed by atoms with van der Waals surface area (Å²) in [6.07, 6.45) is 10.0. The summed E-state index contributed by atoms with van der Waals surface area (Å²) in [6, 6.07) is 12.2. The van der Waals surface area contributed by atoms with Gasteiger partial charge in [-0.25, -0.2) is 14.8 Å². The van der Waals surface area contributed by atoms with Crippen molar-refractivity contribution in [3.05, 3.63) is 84.0 Å². The largest absolute Gasteiger partial charge is 0.445 e. The Hall–Kier alpha value is -3.96. The van der Waals surface area contributed by atoms with E-state index in [-0.39, 0.29) is 12.4 Å². The third kappa shape index (κ3) is 6.63. The molecule has 37 heavy (non-hydrogen) atoms. The molecule has 1 aliphatic carbocycles. The predicted octanol–water partition coefficient (Wildman–Crippen LogP) is 4.90. The van der Waals surface area contributed by atoms with Crippen LogP contribution in [0.4, 0.5) is 10.5 Å². The smallest absolute Gasteiger partial charge is 0.408 e. The third-order valence-corrected chi connectivity index (χ3v) is 6.92. The Morgan fingerprint density at radius 1 is 1.22 bits per heavy atom. The van der Waals surface area contributed by atoms with E-state index in [1.54, 1.807) is 18.3 Å². The van der Waals surface area contributed by atoms with Crippen molar-refractivity contribution >= 4 is 17.4 Å². The zero-order chi connectivity index (χ0) is 26.1. The third-order valence-electron chi connectivity index (χ3n) is 6.92. The van der Waals surface area contributed by atoms with Crippen LogP contribution < -0.4 is 10.2 Å². The number of benzene rings is 1. The molecule has 0 spiro atoms. The molecular formula is C29H33N5O3. The van der Waals surface area contributed by atoms with Crippen molar-refractivity contribution in [2.45, 2.75) is 38.1 Å². The van der Waals surface area contributed by atoms with Gasteiger partial charge in [0.05, 0.1) is 24.4 Å². The molecule has 2 fully saturated rings. The van der Waals surface area contributed by atoms with Gasteiger partial charge in [0.1, 0.15) is 12.7 Å². The molecule has 1 saturated carbocycles. The van der Waals surface area contributed by atoms with Gasteiger partial charge < -0.3 is 19.7 Å². The van der Waals surface area contributed by atoms with Crippen LogP contribution in [-0.4, -0.2) is 49.0 Å². The van der Waals surface area contributed by atoms with E-state index < -0.39 is 11.6 Å². The minimum absolute atomic E-state index is 0.0914. The van der Waals surface area contributed by atoms with E-state index in [9.17, 15) is 4.79 Å². The average molecular weight is 500 g/mol. The van der Waals surface area contributed by atoms with E-state index in [1.807, 2.05) is 18.2 Å². The monoisotopic (exact) mass is 499 g/mol. The topological polar surface area (TPSA) is 100 Å². The molecule has 1 amide bonds. The number of hydrogen-bond donors (Lipinski definition) is 1. The highest BCUT2D eigenvalue weighted by molar-refractivity contribution is 5.69. The van der Waals surface area contributed by atoms with Crippen LogP contribution in [0.1, 0.15) is 49.7 Å². The second-order valence-electron chi connectivity index (χ2n) is 9.31. The summed E-state index contributed by atoms with van der Waals surface area (Å²) in [7, 11) is 0. The van der Waals surface area contributed by atoms with Gasteiger partial charge >= 0.3 is 6.09 Å². The summed E-state index contributed by atoms with van der Waals surface area (Å²) in [5.41, 5.74) is 4.21. The van der Waals surface area contributed by atoms with Gasteiger partial charge in [0.2, 0.25) is 5.82 Å². The number of nitrogens with one attached hydrogen (secondary N) is 1. The average Bonchev–Trinajstić information content (AvgIpc) is 3.43. The molecule has 0 radical (unpaired) electrons.